The van der Waals surface area contributed by atoms with Crippen molar-refractivity contribution in [1.29, 1.82) is 0 Å². The van der Waals surface area contributed by atoms with E-state index in [-0.39, 0.29) is 6.04 Å². The first kappa shape index (κ1) is 16.2. The zero-order valence-electron chi connectivity index (χ0n) is 13.6. The molecule has 2 atom stereocenters. The van der Waals surface area contributed by atoms with Crippen molar-refractivity contribution in [2.45, 2.75) is 12.1 Å². The average Bonchev–Trinajstić information content (AvgIpc) is 3.05. The van der Waals surface area contributed by atoms with Gasteiger partial charge in [-0.2, -0.15) is 0 Å². The molecule has 2 heteroatoms. The molecule has 0 saturated heterocycles. The summed E-state index contributed by atoms with van der Waals surface area (Å²) in [6.07, 6.45) is 5.55. The molecule has 0 aromatic heterocycles. The summed E-state index contributed by atoms with van der Waals surface area (Å²) in [7, 11) is 4.15. The summed E-state index contributed by atoms with van der Waals surface area (Å²) < 4.78 is 0. The standard InChI is InChI=1S/C21H22NO/c1-22(2)20(16-10-5-3-6-11-16)18-14-9-15-19(18)21(23)17-12-7-4-8-13-17/h3-15,20-21,23H,1-2H3/t20-,21+/m0/s1. The van der Waals surface area contributed by atoms with Gasteiger partial charge < -0.3 is 10.0 Å². The van der Waals surface area contributed by atoms with Crippen molar-refractivity contribution in [3.8, 4) is 0 Å². The number of rotatable bonds is 5. The van der Waals surface area contributed by atoms with Crippen molar-refractivity contribution in [2.24, 2.45) is 0 Å². The molecule has 0 amide bonds. The van der Waals surface area contributed by atoms with Crippen LogP contribution in [-0.4, -0.2) is 24.1 Å². The molecule has 2 aromatic carbocycles. The van der Waals surface area contributed by atoms with Crippen LogP contribution in [0, 0.1) is 31.1 Å². The Bertz CT molecular complexity index is 596. The Morgan fingerprint density at radius 3 is 1.83 bits per heavy atom. The fraction of sp³-hybridized carbons (Fsp3) is 0.190. The van der Waals surface area contributed by atoms with Crippen molar-refractivity contribution >= 4 is 0 Å². The molecule has 1 N–H and O–H groups in total. The molecule has 1 aliphatic rings. The van der Waals surface area contributed by atoms with E-state index in [4.69, 9.17) is 0 Å². The number of benzene rings is 2. The maximum absolute atomic E-state index is 10.8. The lowest BCUT2D eigenvalue weighted by Crippen LogP contribution is -2.29. The molecular weight excluding hydrogens is 282 g/mol. The quantitative estimate of drug-likeness (QED) is 0.908. The number of hydrogen-bond acceptors (Lipinski definition) is 2. The van der Waals surface area contributed by atoms with Gasteiger partial charge in [-0.1, -0.05) is 60.7 Å². The van der Waals surface area contributed by atoms with Gasteiger partial charge in [-0.05, 0) is 44.5 Å². The third-order valence-electron chi connectivity index (χ3n) is 4.22. The molecule has 23 heavy (non-hydrogen) atoms. The van der Waals surface area contributed by atoms with Crippen LogP contribution in [0.1, 0.15) is 23.3 Å². The lowest BCUT2D eigenvalue weighted by molar-refractivity contribution is 0.188. The van der Waals surface area contributed by atoms with Gasteiger partial charge in [0.05, 0.1) is 6.10 Å². The van der Waals surface area contributed by atoms with Crippen LogP contribution in [0.5, 0.6) is 0 Å². The smallest absolute Gasteiger partial charge is 0.0862 e. The van der Waals surface area contributed by atoms with Crippen molar-refractivity contribution in [1.82, 2.24) is 4.90 Å². The van der Waals surface area contributed by atoms with Crippen molar-refractivity contribution in [2.75, 3.05) is 14.1 Å². The van der Waals surface area contributed by atoms with E-state index in [1.165, 1.54) is 5.56 Å². The van der Waals surface area contributed by atoms with Crippen molar-refractivity contribution in [3.05, 3.63) is 103 Å². The van der Waals surface area contributed by atoms with Crippen LogP contribution in [-0.2, 0) is 0 Å². The molecule has 0 bridgehead atoms. The van der Waals surface area contributed by atoms with E-state index in [0.717, 1.165) is 17.4 Å². The van der Waals surface area contributed by atoms with Gasteiger partial charge in [-0.15, -0.1) is 0 Å². The van der Waals surface area contributed by atoms with Crippen LogP contribution in [0.15, 0.2) is 60.7 Å². The number of nitrogens with zero attached hydrogens (tertiary/aromatic N) is 1. The average molecular weight is 304 g/mol. The summed E-state index contributed by atoms with van der Waals surface area (Å²) in [6.45, 7) is 0. The van der Waals surface area contributed by atoms with Crippen LogP contribution in [0.4, 0.5) is 0 Å². The number of aliphatic hydroxyl groups excluding tert-OH is 1. The highest BCUT2D eigenvalue weighted by Gasteiger charge is 2.41. The van der Waals surface area contributed by atoms with Crippen LogP contribution in [0.3, 0.4) is 0 Å². The number of aliphatic hydroxyl groups is 1. The Hall–Kier alpha value is -1.64. The second-order valence-electron chi connectivity index (χ2n) is 6.03. The second-order valence-corrected chi connectivity index (χ2v) is 6.03. The zero-order valence-corrected chi connectivity index (χ0v) is 13.6. The normalized spacial score (nSPS) is 19.1. The van der Waals surface area contributed by atoms with Gasteiger partial charge in [0.25, 0.3) is 0 Å². The van der Waals surface area contributed by atoms with Gasteiger partial charge in [-0.25, -0.2) is 0 Å². The molecule has 1 saturated carbocycles. The molecule has 0 spiro atoms. The molecule has 117 valence electrons. The lowest BCUT2D eigenvalue weighted by atomic mass is 9.79. The largest absolute Gasteiger partial charge is 0.388 e. The van der Waals surface area contributed by atoms with Crippen molar-refractivity contribution < 1.29 is 5.11 Å². The van der Waals surface area contributed by atoms with Crippen LogP contribution in [0.25, 0.3) is 0 Å². The Labute approximate surface area is 139 Å². The van der Waals surface area contributed by atoms with Gasteiger partial charge >= 0.3 is 0 Å². The monoisotopic (exact) mass is 304 g/mol. The molecule has 0 heterocycles. The van der Waals surface area contributed by atoms with Gasteiger partial charge in [0.1, 0.15) is 0 Å². The van der Waals surface area contributed by atoms with E-state index in [9.17, 15) is 5.11 Å². The minimum atomic E-state index is -0.604. The van der Waals surface area contributed by atoms with E-state index in [1.807, 2.05) is 49.2 Å². The number of hydrogen-bond donors (Lipinski definition) is 1. The first-order valence-corrected chi connectivity index (χ1v) is 7.88. The fourth-order valence-corrected chi connectivity index (χ4v) is 3.15. The maximum atomic E-state index is 10.8. The molecule has 1 fully saturated rings. The van der Waals surface area contributed by atoms with Gasteiger partial charge in [0.15, 0.2) is 0 Å². The maximum Gasteiger partial charge on any atom is 0.0862 e. The van der Waals surface area contributed by atoms with E-state index >= 15 is 0 Å². The Balaban J connectivity index is 1.87. The van der Waals surface area contributed by atoms with Crippen LogP contribution in [0.2, 0.25) is 0 Å². The predicted octanol–water partition coefficient (Wildman–Crippen LogP) is 3.80. The summed E-state index contributed by atoms with van der Waals surface area (Å²) in [5, 5.41) is 10.8. The first-order valence-electron chi connectivity index (χ1n) is 7.88. The van der Waals surface area contributed by atoms with Crippen molar-refractivity contribution in [3.63, 3.8) is 0 Å². The van der Waals surface area contributed by atoms with Gasteiger partial charge in [-0.3, -0.25) is 0 Å². The molecule has 2 aromatic rings. The SMILES string of the molecule is CN(C)[C@H]([C]1[CH][CH][CH][C]1[C@H](O)c1ccccc1)c1ccccc1. The van der Waals surface area contributed by atoms with Gasteiger partial charge in [0, 0.05) is 17.9 Å². The fourth-order valence-electron chi connectivity index (χ4n) is 3.15. The van der Waals surface area contributed by atoms with Gasteiger partial charge in [0.2, 0.25) is 0 Å². The summed E-state index contributed by atoms with van der Waals surface area (Å²) in [5.74, 6) is 2.12. The summed E-state index contributed by atoms with van der Waals surface area (Å²) in [6, 6.07) is 20.4. The van der Waals surface area contributed by atoms with E-state index in [1.54, 1.807) is 0 Å². The highest BCUT2D eigenvalue weighted by Crippen LogP contribution is 2.49. The zero-order chi connectivity index (χ0) is 16.2. The third kappa shape index (κ3) is 3.49. The Morgan fingerprint density at radius 2 is 1.26 bits per heavy atom. The third-order valence-corrected chi connectivity index (χ3v) is 4.22. The van der Waals surface area contributed by atoms with E-state index < -0.39 is 6.10 Å². The summed E-state index contributed by atoms with van der Waals surface area (Å²) in [5.41, 5.74) is 2.15. The van der Waals surface area contributed by atoms with Crippen LogP contribution < -0.4 is 0 Å². The summed E-state index contributed by atoms with van der Waals surface area (Å²) in [4.78, 5) is 2.19. The molecule has 5 radical (unpaired) electrons. The minimum absolute atomic E-state index is 0.125. The van der Waals surface area contributed by atoms with Crippen LogP contribution >= 0.6 is 0 Å². The predicted molar refractivity (Wildman–Crippen MR) is 93.7 cm³/mol. The first-order chi connectivity index (χ1) is 11.2. The lowest BCUT2D eigenvalue weighted by Gasteiger charge is -2.35. The Kier molecular flexibility index (Phi) is 5.14. The molecule has 0 aliphatic heterocycles. The molecule has 3 rings (SSSR count). The molecular formula is C21H22NO. The second kappa shape index (κ2) is 7.29. The highest BCUT2D eigenvalue weighted by atomic mass is 16.3. The molecule has 1 aliphatic carbocycles. The highest BCUT2D eigenvalue weighted by molar-refractivity contribution is 5.52. The molecule has 2 nitrogen and oxygen atoms in total. The van der Waals surface area contributed by atoms with E-state index in [0.29, 0.717) is 0 Å². The summed E-state index contributed by atoms with van der Waals surface area (Å²) >= 11 is 0. The molecule has 0 unspecified atom stereocenters. The topological polar surface area (TPSA) is 23.5 Å². The van der Waals surface area contributed by atoms with E-state index in [2.05, 4.69) is 49.7 Å². The minimum Gasteiger partial charge on any atom is -0.388 e. The Morgan fingerprint density at radius 1 is 0.739 bits per heavy atom.